The van der Waals surface area contributed by atoms with Gasteiger partial charge in [-0.05, 0) is 102 Å². The van der Waals surface area contributed by atoms with E-state index in [-0.39, 0.29) is 55.2 Å². The number of likely N-dealkylation sites (tertiary alicyclic amines) is 1. The molecule has 4 aliphatic rings. The highest BCUT2D eigenvalue weighted by atomic mass is 32.2. The van der Waals surface area contributed by atoms with Crippen molar-refractivity contribution in [3.63, 3.8) is 0 Å². The molecule has 15 heteroatoms. The molecule has 3 heterocycles. The van der Waals surface area contributed by atoms with Crippen molar-refractivity contribution >= 4 is 41.5 Å². The maximum absolute atomic E-state index is 13.7. The molecule has 1 aliphatic carbocycles. The fraction of sp³-hybridized carbons (Fsp3) is 0.776. The topological polar surface area (TPSA) is 195 Å². The molecule has 15 atom stereocenters. The molecule has 4 fully saturated rings. The SMILES string of the molecule is C=CC[C@H](/C=C(\C)C[C@H](C)C[C@H](OC)C1O[C@@](O)(C(=O)C(=O)N2CCCC[C@H]2C=O)[C@H](C)C[C@@H]1OC)C(=O)C[C@H](O)[C@@H](C)[C@H](O)/C(C)=C/[C@@H]1CCC(SC[C@H]2CCC(=O)O2)[C@H](OC)C1. The number of ether oxygens (including phenoxy) is 5. The number of aliphatic hydroxyl groups is 3. The Bertz CT molecular complexity index is 1650. The summed E-state index contributed by atoms with van der Waals surface area (Å²) in [4.78, 5) is 65.3. The first-order chi connectivity index (χ1) is 30.4. The summed E-state index contributed by atoms with van der Waals surface area (Å²) in [6, 6.07) is -0.728. The van der Waals surface area contributed by atoms with Crippen molar-refractivity contribution in [3.8, 4) is 0 Å². The Kier molecular flexibility index (Phi) is 21.4. The monoisotopic (exact) mass is 920 g/mol. The number of aliphatic hydroxyl groups excluding tert-OH is 2. The van der Waals surface area contributed by atoms with E-state index in [0.29, 0.717) is 50.1 Å². The van der Waals surface area contributed by atoms with Crippen molar-refractivity contribution in [3.05, 3.63) is 36.0 Å². The van der Waals surface area contributed by atoms with Crippen LogP contribution in [0.25, 0.3) is 0 Å². The molecule has 64 heavy (non-hydrogen) atoms. The van der Waals surface area contributed by atoms with Crippen LogP contribution in [-0.4, -0.2) is 143 Å². The highest BCUT2D eigenvalue weighted by molar-refractivity contribution is 8.00. The zero-order valence-electron chi connectivity index (χ0n) is 39.5. The number of carbonyl (C=O) groups excluding carboxylic acids is 5. The molecule has 14 nitrogen and oxygen atoms in total. The van der Waals surface area contributed by atoms with Crippen LogP contribution in [0.4, 0.5) is 0 Å². The van der Waals surface area contributed by atoms with Gasteiger partial charge >= 0.3 is 5.97 Å². The number of carbonyl (C=O) groups is 5. The van der Waals surface area contributed by atoms with Crippen molar-refractivity contribution in [2.45, 2.75) is 178 Å². The Balaban J connectivity index is 1.33. The molecule has 0 bridgehead atoms. The quantitative estimate of drug-likeness (QED) is 0.0461. The van der Waals surface area contributed by atoms with Gasteiger partial charge in [-0.15, -0.1) is 6.58 Å². The van der Waals surface area contributed by atoms with Gasteiger partial charge in [0.25, 0.3) is 11.7 Å². The summed E-state index contributed by atoms with van der Waals surface area (Å²) >= 11 is 1.80. The summed E-state index contributed by atoms with van der Waals surface area (Å²) < 4.78 is 29.1. The zero-order chi connectivity index (χ0) is 47.3. The average Bonchev–Trinajstić information content (AvgIpc) is 3.71. The summed E-state index contributed by atoms with van der Waals surface area (Å²) in [5, 5.41) is 34.7. The predicted octanol–water partition coefficient (Wildman–Crippen LogP) is 5.72. The molecule has 0 spiro atoms. The van der Waals surface area contributed by atoms with Gasteiger partial charge < -0.3 is 48.7 Å². The summed E-state index contributed by atoms with van der Waals surface area (Å²) in [6.45, 7) is 13.3. The van der Waals surface area contributed by atoms with Crippen LogP contribution in [-0.2, 0) is 47.7 Å². The van der Waals surface area contributed by atoms with E-state index in [9.17, 15) is 39.3 Å². The third-order valence-electron chi connectivity index (χ3n) is 14.0. The number of methoxy groups -OCH3 is 3. The molecule has 0 aromatic rings. The van der Waals surface area contributed by atoms with Gasteiger partial charge in [0, 0.05) is 69.5 Å². The Morgan fingerprint density at radius 2 is 1.73 bits per heavy atom. The van der Waals surface area contributed by atoms with E-state index in [0.717, 1.165) is 49.0 Å². The summed E-state index contributed by atoms with van der Waals surface area (Å²) in [5.41, 5.74) is 1.70. The number of thioether (sulfide) groups is 1. The summed E-state index contributed by atoms with van der Waals surface area (Å²) in [6.07, 6.45) is 9.52. The van der Waals surface area contributed by atoms with Gasteiger partial charge in [0.1, 0.15) is 24.3 Å². The van der Waals surface area contributed by atoms with Gasteiger partial charge in [0.15, 0.2) is 0 Å². The summed E-state index contributed by atoms with van der Waals surface area (Å²) in [5.74, 6) is -5.73. The van der Waals surface area contributed by atoms with Gasteiger partial charge in [-0.25, -0.2) is 0 Å². The van der Waals surface area contributed by atoms with E-state index in [4.69, 9.17) is 23.7 Å². The number of rotatable bonds is 24. The van der Waals surface area contributed by atoms with Crippen molar-refractivity contribution in [1.82, 2.24) is 4.90 Å². The lowest BCUT2D eigenvalue weighted by Gasteiger charge is -2.47. The van der Waals surface area contributed by atoms with Crippen LogP contribution in [0.1, 0.15) is 118 Å². The second-order valence-electron chi connectivity index (χ2n) is 19.0. The van der Waals surface area contributed by atoms with Gasteiger partial charge in [0.05, 0.1) is 36.6 Å². The number of allylic oxidation sites excluding steroid dienone is 4. The second-order valence-corrected chi connectivity index (χ2v) is 20.3. The van der Waals surface area contributed by atoms with Gasteiger partial charge in [0.2, 0.25) is 5.79 Å². The lowest BCUT2D eigenvalue weighted by atomic mass is 9.82. The van der Waals surface area contributed by atoms with Crippen LogP contribution >= 0.6 is 11.8 Å². The van der Waals surface area contributed by atoms with Crippen molar-refractivity contribution in [2.75, 3.05) is 33.6 Å². The van der Waals surface area contributed by atoms with Crippen molar-refractivity contribution in [1.29, 1.82) is 0 Å². The minimum Gasteiger partial charge on any atom is -0.461 e. The number of hydrogen-bond acceptors (Lipinski definition) is 14. The van der Waals surface area contributed by atoms with Crippen LogP contribution in [0.15, 0.2) is 36.0 Å². The smallest absolute Gasteiger partial charge is 0.306 e. The number of cyclic esters (lactones) is 1. The molecule has 0 radical (unpaired) electrons. The van der Waals surface area contributed by atoms with Crippen molar-refractivity contribution in [2.24, 2.45) is 29.6 Å². The molecular weight excluding hydrogens is 843 g/mol. The van der Waals surface area contributed by atoms with Crippen LogP contribution in [0.2, 0.25) is 0 Å². The highest BCUT2D eigenvalue weighted by Crippen LogP contribution is 2.40. The van der Waals surface area contributed by atoms with Gasteiger partial charge in [-0.1, -0.05) is 44.6 Å². The maximum atomic E-state index is 13.7. The summed E-state index contributed by atoms with van der Waals surface area (Å²) in [7, 11) is 4.76. The molecule has 3 saturated heterocycles. The first kappa shape index (κ1) is 53.9. The highest BCUT2D eigenvalue weighted by Gasteiger charge is 2.56. The largest absolute Gasteiger partial charge is 0.461 e. The van der Waals surface area contributed by atoms with E-state index in [1.165, 1.54) is 19.1 Å². The minimum absolute atomic E-state index is 0.0183. The molecule has 1 saturated carbocycles. The van der Waals surface area contributed by atoms with E-state index >= 15 is 0 Å². The number of ketones is 2. The van der Waals surface area contributed by atoms with Crippen LogP contribution in [0, 0.1) is 29.6 Å². The predicted molar refractivity (Wildman–Crippen MR) is 244 cm³/mol. The molecular formula is C49H77NO13S. The van der Waals surface area contributed by atoms with Crippen LogP contribution in [0.5, 0.6) is 0 Å². The first-order valence-corrected chi connectivity index (χ1v) is 24.4. The van der Waals surface area contributed by atoms with E-state index in [1.54, 1.807) is 38.8 Å². The lowest BCUT2D eigenvalue weighted by Crippen LogP contribution is -2.64. The van der Waals surface area contributed by atoms with Crippen LogP contribution < -0.4 is 0 Å². The van der Waals surface area contributed by atoms with Gasteiger partial charge in [-0.3, -0.25) is 19.2 Å². The molecule has 4 rings (SSSR count). The molecule has 362 valence electrons. The van der Waals surface area contributed by atoms with Crippen molar-refractivity contribution < 1.29 is 63.0 Å². The number of amides is 1. The minimum atomic E-state index is -2.44. The number of hydrogen-bond donors (Lipinski definition) is 3. The molecule has 2 unspecified atom stereocenters. The Labute approximate surface area is 385 Å². The Hall–Kier alpha value is -2.76. The number of Topliss-reactive ketones (excluding diaryl/α,β-unsaturated/α-hetero) is 2. The fourth-order valence-corrected chi connectivity index (χ4v) is 11.5. The second kappa shape index (κ2) is 25.4. The Morgan fingerprint density at radius 3 is 2.36 bits per heavy atom. The zero-order valence-corrected chi connectivity index (χ0v) is 40.3. The number of esters is 1. The van der Waals surface area contributed by atoms with Crippen LogP contribution in [0.3, 0.4) is 0 Å². The molecule has 0 aromatic heterocycles. The molecule has 3 aliphatic heterocycles. The lowest BCUT2D eigenvalue weighted by molar-refractivity contribution is -0.302. The molecule has 0 aromatic carbocycles. The van der Waals surface area contributed by atoms with Gasteiger partial charge in [-0.2, -0.15) is 11.8 Å². The third-order valence-corrected chi connectivity index (χ3v) is 15.6. The van der Waals surface area contributed by atoms with E-state index in [2.05, 4.69) is 12.7 Å². The van der Waals surface area contributed by atoms with E-state index in [1.807, 2.05) is 26.8 Å². The Morgan fingerprint density at radius 1 is 1.02 bits per heavy atom. The number of aldehydes is 1. The molecule has 1 amide bonds. The maximum Gasteiger partial charge on any atom is 0.306 e. The number of piperidine rings is 1. The molecule has 3 N–H and O–H groups in total. The standard InChI is InChI=1S/C49H77NO13S/c1-10-13-35(39(53)26-38(52)33(6)45(55)31(4)23-34-15-17-43(40(25-34)59-7)64-28-37-16-18-44(54)62-37)21-29(2)20-30(3)22-41(60-8)46-42(61-9)24-32(5)49(58,63-46)47(56)48(57)50-19-12-11-14-36(50)27-51/h10,21,23,27,30,32-38,40-43,45-46,52,55,58H,1,11-20,22,24-26,28H2,2-9H3/b29-21+,31-23+/t30-,32+,33+,34-,35+,36-,37+,38-,40+,41-,42-,43?,45+,46?,49+/m0/s1. The first-order valence-electron chi connectivity index (χ1n) is 23.4. The average molecular weight is 920 g/mol. The normalized spacial score (nSPS) is 32.2. The third kappa shape index (κ3) is 14.1. The van der Waals surface area contributed by atoms with E-state index < -0.39 is 71.8 Å². The number of nitrogens with zero attached hydrogens (tertiary/aromatic N) is 1. The fourth-order valence-electron chi connectivity index (χ4n) is 10.1.